The monoisotopic (exact) mass is 320 g/mol. The standard InChI is InChI=1S/C16H14Cl2N2O/c17-12-4-2-5-13(18)15(12)16(21)20-14-6-1-3-10-7-8-19-9-11(10)14/h1-6,19H,7-9H2,(H,20,21). The molecular formula is C16H14Cl2N2O. The molecule has 3 nitrogen and oxygen atoms in total. The van der Waals surface area contributed by atoms with Gasteiger partial charge in [0.2, 0.25) is 0 Å². The Morgan fingerprint density at radius 3 is 2.57 bits per heavy atom. The van der Waals surface area contributed by atoms with E-state index in [-0.39, 0.29) is 5.91 Å². The minimum Gasteiger partial charge on any atom is -0.322 e. The number of hydrogen-bond acceptors (Lipinski definition) is 2. The van der Waals surface area contributed by atoms with E-state index in [1.807, 2.05) is 12.1 Å². The average Bonchev–Trinajstić information content (AvgIpc) is 2.47. The van der Waals surface area contributed by atoms with Gasteiger partial charge in [-0.2, -0.15) is 0 Å². The molecule has 1 aliphatic heterocycles. The van der Waals surface area contributed by atoms with Crippen LogP contribution in [0.15, 0.2) is 36.4 Å². The van der Waals surface area contributed by atoms with Crippen molar-refractivity contribution in [3.63, 3.8) is 0 Å². The lowest BCUT2D eigenvalue weighted by Gasteiger charge is -2.20. The second-order valence-corrected chi connectivity index (χ2v) is 5.74. The normalized spacial score (nSPS) is 13.6. The smallest absolute Gasteiger partial charge is 0.258 e. The number of amides is 1. The van der Waals surface area contributed by atoms with Gasteiger partial charge < -0.3 is 10.6 Å². The lowest BCUT2D eigenvalue weighted by molar-refractivity contribution is 0.102. The summed E-state index contributed by atoms with van der Waals surface area (Å²) in [6, 6.07) is 11.0. The maximum absolute atomic E-state index is 12.4. The van der Waals surface area contributed by atoms with Crippen molar-refractivity contribution in [2.24, 2.45) is 0 Å². The van der Waals surface area contributed by atoms with E-state index in [1.165, 1.54) is 5.56 Å². The van der Waals surface area contributed by atoms with Crippen LogP contribution >= 0.6 is 23.2 Å². The van der Waals surface area contributed by atoms with Gasteiger partial charge in [0, 0.05) is 12.2 Å². The van der Waals surface area contributed by atoms with Crippen LogP contribution in [-0.2, 0) is 13.0 Å². The van der Waals surface area contributed by atoms with Crippen LogP contribution < -0.4 is 10.6 Å². The molecule has 1 amide bonds. The van der Waals surface area contributed by atoms with Crippen LogP contribution in [0, 0.1) is 0 Å². The molecule has 1 heterocycles. The highest BCUT2D eigenvalue weighted by Crippen LogP contribution is 2.27. The maximum atomic E-state index is 12.4. The predicted molar refractivity (Wildman–Crippen MR) is 86.3 cm³/mol. The molecule has 0 spiro atoms. The Morgan fingerprint density at radius 2 is 1.81 bits per heavy atom. The fourth-order valence-electron chi connectivity index (χ4n) is 2.53. The molecule has 3 rings (SSSR count). The molecule has 0 radical (unpaired) electrons. The molecule has 0 saturated carbocycles. The molecule has 2 aromatic rings. The van der Waals surface area contributed by atoms with Crippen molar-refractivity contribution in [1.82, 2.24) is 5.32 Å². The fraction of sp³-hybridized carbons (Fsp3) is 0.188. The van der Waals surface area contributed by atoms with Crippen LogP contribution in [0.25, 0.3) is 0 Å². The predicted octanol–water partition coefficient (Wildman–Crippen LogP) is 3.89. The van der Waals surface area contributed by atoms with Gasteiger partial charge in [-0.15, -0.1) is 0 Å². The first-order chi connectivity index (χ1) is 10.2. The zero-order chi connectivity index (χ0) is 14.8. The molecule has 0 saturated heterocycles. The van der Waals surface area contributed by atoms with E-state index >= 15 is 0 Å². The van der Waals surface area contributed by atoms with Gasteiger partial charge >= 0.3 is 0 Å². The molecular weight excluding hydrogens is 307 g/mol. The van der Waals surface area contributed by atoms with Crippen LogP contribution in [0.3, 0.4) is 0 Å². The molecule has 108 valence electrons. The van der Waals surface area contributed by atoms with Crippen molar-refractivity contribution in [3.8, 4) is 0 Å². The summed E-state index contributed by atoms with van der Waals surface area (Å²) in [6.45, 7) is 1.71. The molecule has 0 atom stereocenters. The van der Waals surface area contributed by atoms with Crippen molar-refractivity contribution in [2.45, 2.75) is 13.0 Å². The van der Waals surface area contributed by atoms with Crippen molar-refractivity contribution >= 4 is 34.8 Å². The lowest BCUT2D eigenvalue weighted by Crippen LogP contribution is -2.25. The second-order valence-electron chi connectivity index (χ2n) is 4.92. The molecule has 0 aliphatic carbocycles. The molecule has 21 heavy (non-hydrogen) atoms. The summed E-state index contributed by atoms with van der Waals surface area (Å²) in [5.74, 6) is -0.287. The number of nitrogens with one attached hydrogen (secondary N) is 2. The molecule has 1 aliphatic rings. The minimum atomic E-state index is -0.287. The van der Waals surface area contributed by atoms with E-state index in [0.29, 0.717) is 15.6 Å². The number of halogens is 2. The molecule has 2 aromatic carbocycles. The Balaban J connectivity index is 1.92. The van der Waals surface area contributed by atoms with Gasteiger partial charge in [-0.25, -0.2) is 0 Å². The number of anilines is 1. The van der Waals surface area contributed by atoms with Gasteiger partial charge in [-0.05, 0) is 42.3 Å². The van der Waals surface area contributed by atoms with Gasteiger partial charge in [0.15, 0.2) is 0 Å². The van der Waals surface area contributed by atoms with Gasteiger partial charge in [-0.1, -0.05) is 41.4 Å². The molecule has 5 heteroatoms. The molecule has 0 aromatic heterocycles. The number of rotatable bonds is 2. The van der Waals surface area contributed by atoms with E-state index < -0.39 is 0 Å². The van der Waals surface area contributed by atoms with Crippen LogP contribution in [0.1, 0.15) is 21.5 Å². The van der Waals surface area contributed by atoms with E-state index in [9.17, 15) is 4.79 Å². The van der Waals surface area contributed by atoms with Crippen molar-refractivity contribution in [3.05, 3.63) is 63.1 Å². The van der Waals surface area contributed by atoms with E-state index in [1.54, 1.807) is 18.2 Å². The molecule has 0 unspecified atom stereocenters. The Hall–Kier alpha value is -1.55. The number of fused-ring (bicyclic) bond motifs is 1. The molecule has 2 N–H and O–H groups in total. The van der Waals surface area contributed by atoms with Crippen molar-refractivity contribution in [2.75, 3.05) is 11.9 Å². The van der Waals surface area contributed by atoms with Crippen molar-refractivity contribution in [1.29, 1.82) is 0 Å². The van der Waals surface area contributed by atoms with E-state index in [2.05, 4.69) is 16.7 Å². The summed E-state index contributed by atoms with van der Waals surface area (Å²) >= 11 is 12.2. The Morgan fingerprint density at radius 1 is 1.10 bits per heavy atom. The summed E-state index contributed by atoms with van der Waals surface area (Å²) in [7, 11) is 0. The van der Waals surface area contributed by atoms with Gasteiger partial charge in [0.25, 0.3) is 5.91 Å². The third kappa shape index (κ3) is 2.91. The largest absolute Gasteiger partial charge is 0.322 e. The first kappa shape index (κ1) is 14.4. The Bertz CT molecular complexity index is 680. The lowest BCUT2D eigenvalue weighted by atomic mass is 9.99. The molecule has 0 fully saturated rings. The fourth-order valence-corrected chi connectivity index (χ4v) is 3.10. The Labute approximate surface area is 133 Å². The van der Waals surface area contributed by atoms with Crippen LogP contribution in [0.4, 0.5) is 5.69 Å². The zero-order valence-corrected chi connectivity index (χ0v) is 12.8. The quantitative estimate of drug-likeness (QED) is 0.881. The van der Waals surface area contributed by atoms with Gasteiger partial charge in [0.05, 0.1) is 15.6 Å². The number of hydrogen-bond donors (Lipinski definition) is 2. The maximum Gasteiger partial charge on any atom is 0.258 e. The molecule has 0 bridgehead atoms. The highest BCUT2D eigenvalue weighted by molar-refractivity contribution is 6.40. The van der Waals surface area contributed by atoms with Crippen LogP contribution in [-0.4, -0.2) is 12.5 Å². The van der Waals surface area contributed by atoms with Crippen molar-refractivity contribution < 1.29 is 4.79 Å². The van der Waals surface area contributed by atoms with E-state index in [4.69, 9.17) is 23.2 Å². The zero-order valence-electron chi connectivity index (χ0n) is 11.2. The second kappa shape index (κ2) is 6.06. The van der Waals surface area contributed by atoms with Gasteiger partial charge in [-0.3, -0.25) is 4.79 Å². The average molecular weight is 321 g/mol. The SMILES string of the molecule is O=C(Nc1cccc2c1CNCC2)c1c(Cl)cccc1Cl. The highest BCUT2D eigenvalue weighted by Gasteiger charge is 2.18. The first-order valence-electron chi connectivity index (χ1n) is 6.73. The third-order valence-electron chi connectivity index (χ3n) is 3.58. The number of carbonyl (C=O) groups excluding carboxylic acids is 1. The minimum absolute atomic E-state index is 0.287. The topological polar surface area (TPSA) is 41.1 Å². The number of carbonyl (C=O) groups is 1. The Kier molecular flexibility index (Phi) is 4.15. The third-order valence-corrected chi connectivity index (χ3v) is 4.21. The first-order valence-corrected chi connectivity index (χ1v) is 7.49. The summed E-state index contributed by atoms with van der Waals surface area (Å²) in [4.78, 5) is 12.4. The highest BCUT2D eigenvalue weighted by atomic mass is 35.5. The van der Waals surface area contributed by atoms with Crippen LogP contribution in [0.2, 0.25) is 10.0 Å². The number of benzene rings is 2. The van der Waals surface area contributed by atoms with Crippen LogP contribution in [0.5, 0.6) is 0 Å². The summed E-state index contributed by atoms with van der Waals surface area (Å²) in [6.07, 6.45) is 0.964. The summed E-state index contributed by atoms with van der Waals surface area (Å²) < 4.78 is 0. The van der Waals surface area contributed by atoms with Gasteiger partial charge in [0.1, 0.15) is 0 Å². The van der Waals surface area contributed by atoms with E-state index in [0.717, 1.165) is 30.8 Å². The summed E-state index contributed by atoms with van der Waals surface area (Å²) in [5.41, 5.74) is 3.50. The summed E-state index contributed by atoms with van der Waals surface area (Å²) in [5, 5.41) is 6.93.